The largest absolute Gasteiger partial charge is 0.481 e. The molecular formula is C15H21NO4. The number of aryl methyl sites for hydroxylation is 2. The summed E-state index contributed by atoms with van der Waals surface area (Å²) in [4.78, 5) is 23.5. The Balaban J connectivity index is 2.92. The Kier molecular flexibility index (Phi) is 5.55. The number of aliphatic carboxylic acids is 2. The lowest BCUT2D eigenvalue weighted by Gasteiger charge is -2.26. The van der Waals surface area contributed by atoms with Gasteiger partial charge in [0.2, 0.25) is 0 Å². The molecule has 1 unspecified atom stereocenters. The van der Waals surface area contributed by atoms with E-state index in [1.165, 1.54) is 0 Å². The van der Waals surface area contributed by atoms with Crippen LogP contribution in [0.1, 0.15) is 24.5 Å². The summed E-state index contributed by atoms with van der Waals surface area (Å²) in [5, 5.41) is 17.8. The second kappa shape index (κ2) is 6.93. The average Bonchev–Trinajstić information content (AvgIpc) is 2.37. The van der Waals surface area contributed by atoms with Crippen molar-refractivity contribution in [1.82, 2.24) is 0 Å². The van der Waals surface area contributed by atoms with Crippen molar-refractivity contribution < 1.29 is 19.8 Å². The molecule has 0 aliphatic rings. The highest BCUT2D eigenvalue weighted by Crippen LogP contribution is 2.20. The van der Waals surface area contributed by atoms with Gasteiger partial charge >= 0.3 is 11.9 Å². The van der Waals surface area contributed by atoms with Crippen LogP contribution >= 0.6 is 0 Å². The summed E-state index contributed by atoms with van der Waals surface area (Å²) in [5.74, 6) is -2.32. The van der Waals surface area contributed by atoms with Crippen molar-refractivity contribution in [1.29, 1.82) is 0 Å². The molecule has 1 atom stereocenters. The first-order valence-electron chi connectivity index (χ1n) is 6.58. The maximum Gasteiger partial charge on any atom is 0.308 e. The quantitative estimate of drug-likeness (QED) is 0.800. The van der Waals surface area contributed by atoms with E-state index in [0.29, 0.717) is 13.1 Å². The molecule has 0 amide bonds. The highest BCUT2D eigenvalue weighted by Gasteiger charge is 2.17. The van der Waals surface area contributed by atoms with Crippen molar-refractivity contribution in [3.05, 3.63) is 29.3 Å². The van der Waals surface area contributed by atoms with E-state index in [1.54, 1.807) is 6.92 Å². The van der Waals surface area contributed by atoms with E-state index in [0.717, 1.165) is 16.8 Å². The van der Waals surface area contributed by atoms with Crippen molar-refractivity contribution >= 4 is 17.6 Å². The van der Waals surface area contributed by atoms with Crippen LogP contribution in [0.5, 0.6) is 0 Å². The number of benzene rings is 1. The lowest BCUT2D eigenvalue weighted by Crippen LogP contribution is -2.33. The van der Waals surface area contributed by atoms with Crippen LogP contribution in [0.2, 0.25) is 0 Å². The van der Waals surface area contributed by atoms with Crippen LogP contribution in [0, 0.1) is 19.8 Å². The van der Waals surface area contributed by atoms with E-state index in [4.69, 9.17) is 10.2 Å². The number of anilines is 1. The summed E-state index contributed by atoms with van der Waals surface area (Å²) >= 11 is 0. The Morgan fingerprint density at radius 1 is 1.20 bits per heavy atom. The number of carboxylic acids is 2. The molecule has 0 aliphatic heterocycles. The summed E-state index contributed by atoms with van der Waals surface area (Å²) < 4.78 is 0. The smallest absolute Gasteiger partial charge is 0.308 e. The van der Waals surface area contributed by atoms with E-state index in [1.807, 2.05) is 36.9 Å². The van der Waals surface area contributed by atoms with Gasteiger partial charge in [-0.2, -0.15) is 0 Å². The molecule has 5 heteroatoms. The molecule has 0 saturated heterocycles. The Hall–Kier alpha value is -2.04. The standard InChI is InChI=1S/C15H21NO4/c1-10-4-5-13(8-11(10)2)16(7-6-14(17)18)9-12(3)15(19)20/h4-5,8,12H,6-7,9H2,1-3H3,(H,17,18)(H,19,20). The number of hydrogen-bond acceptors (Lipinski definition) is 3. The number of nitrogens with zero attached hydrogens (tertiary/aromatic N) is 1. The first-order valence-corrected chi connectivity index (χ1v) is 6.58. The molecule has 2 N–H and O–H groups in total. The Morgan fingerprint density at radius 3 is 2.35 bits per heavy atom. The second-order valence-corrected chi connectivity index (χ2v) is 5.10. The topological polar surface area (TPSA) is 77.8 Å². The normalized spacial score (nSPS) is 11.9. The maximum absolute atomic E-state index is 11.0. The lowest BCUT2D eigenvalue weighted by atomic mass is 10.1. The van der Waals surface area contributed by atoms with E-state index in [9.17, 15) is 9.59 Å². The first kappa shape index (κ1) is 16.0. The predicted molar refractivity (Wildman–Crippen MR) is 77.2 cm³/mol. The van der Waals surface area contributed by atoms with Gasteiger partial charge in [-0.3, -0.25) is 9.59 Å². The summed E-state index contributed by atoms with van der Waals surface area (Å²) in [7, 11) is 0. The molecule has 0 aromatic heterocycles. The van der Waals surface area contributed by atoms with Gasteiger partial charge in [0.05, 0.1) is 12.3 Å². The van der Waals surface area contributed by atoms with E-state index in [-0.39, 0.29) is 6.42 Å². The van der Waals surface area contributed by atoms with E-state index in [2.05, 4.69) is 0 Å². The van der Waals surface area contributed by atoms with Gasteiger partial charge in [0.1, 0.15) is 0 Å². The van der Waals surface area contributed by atoms with Crippen LogP contribution in [-0.4, -0.2) is 35.2 Å². The van der Waals surface area contributed by atoms with E-state index < -0.39 is 17.9 Å². The van der Waals surface area contributed by atoms with Gasteiger partial charge in [-0.15, -0.1) is 0 Å². The van der Waals surface area contributed by atoms with Crippen LogP contribution in [0.3, 0.4) is 0 Å². The van der Waals surface area contributed by atoms with Gasteiger partial charge in [-0.05, 0) is 37.1 Å². The zero-order valence-electron chi connectivity index (χ0n) is 12.1. The fourth-order valence-corrected chi connectivity index (χ4v) is 1.89. The molecule has 5 nitrogen and oxygen atoms in total. The van der Waals surface area contributed by atoms with Crippen molar-refractivity contribution in [2.45, 2.75) is 27.2 Å². The number of carbonyl (C=O) groups is 2. The van der Waals surface area contributed by atoms with E-state index >= 15 is 0 Å². The average molecular weight is 279 g/mol. The zero-order chi connectivity index (χ0) is 15.3. The Labute approximate surface area is 118 Å². The number of hydrogen-bond donors (Lipinski definition) is 2. The van der Waals surface area contributed by atoms with Crippen molar-refractivity contribution in [2.75, 3.05) is 18.0 Å². The Bertz CT molecular complexity index is 499. The molecule has 0 aliphatic carbocycles. The molecule has 1 rings (SSSR count). The molecule has 0 radical (unpaired) electrons. The van der Waals surface area contributed by atoms with Crippen molar-refractivity contribution in [2.24, 2.45) is 5.92 Å². The SMILES string of the molecule is Cc1ccc(N(CCC(=O)O)CC(C)C(=O)O)cc1C. The summed E-state index contributed by atoms with van der Waals surface area (Å²) in [6.45, 7) is 6.20. The highest BCUT2D eigenvalue weighted by atomic mass is 16.4. The van der Waals surface area contributed by atoms with Crippen LogP contribution in [-0.2, 0) is 9.59 Å². The molecule has 110 valence electrons. The van der Waals surface area contributed by atoms with Crippen LogP contribution < -0.4 is 4.90 Å². The molecule has 0 bridgehead atoms. The molecule has 0 saturated carbocycles. The summed E-state index contributed by atoms with van der Waals surface area (Å²) in [6, 6.07) is 5.83. The lowest BCUT2D eigenvalue weighted by molar-refractivity contribution is -0.140. The second-order valence-electron chi connectivity index (χ2n) is 5.10. The molecule has 0 heterocycles. The molecular weight excluding hydrogens is 258 g/mol. The predicted octanol–water partition coefficient (Wildman–Crippen LogP) is 2.31. The van der Waals surface area contributed by atoms with Crippen LogP contribution in [0.4, 0.5) is 5.69 Å². The minimum absolute atomic E-state index is 0.0146. The van der Waals surface area contributed by atoms with Crippen molar-refractivity contribution in [3.8, 4) is 0 Å². The minimum atomic E-state index is -0.887. The third-order valence-electron chi connectivity index (χ3n) is 3.37. The maximum atomic E-state index is 11.0. The minimum Gasteiger partial charge on any atom is -0.481 e. The van der Waals surface area contributed by atoms with Gasteiger partial charge in [-0.1, -0.05) is 13.0 Å². The number of carboxylic acid groups (broad SMARTS) is 2. The molecule has 0 spiro atoms. The highest BCUT2D eigenvalue weighted by molar-refractivity contribution is 5.71. The molecule has 1 aromatic rings. The van der Waals surface area contributed by atoms with Gasteiger partial charge in [0, 0.05) is 18.8 Å². The molecule has 0 fully saturated rings. The molecule has 20 heavy (non-hydrogen) atoms. The van der Waals surface area contributed by atoms with Gasteiger partial charge in [0.25, 0.3) is 0 Å². The van der Waals surface area contributed by atoms with Crippen LogP contribution in [0.15, 0.2) is 18.2 Å². The van der Waals surface area contributed by atoms with Gasteiger partial charge in [-0.25, -0.2) is 0 Å². The first-order chi connectivity index (χ1) is 9.31. The third kappa shape index (κ3) is 4.57. The monoisotopic (exact) mass is 279 g/mol. The Morgan fingerprint density at radius 2 is 1.85 bits per heavy atom. The summed E-state index contributed by atoms with van der Waals surface area (Å²) in [6.07, 6.45) is -0.0146. The number of rotatable bonds is 7. The fraction of sp³-hybridized carbons (Fsp3) is 0.467. The molecule has 1 aromatic carbocycles. The zero-order valence-corrected chi connectivity index (χ0v) is 12.1. The van der Waals surface area contributed by atoms with Gasteiger partial charge in [0.15, 0.2) is 0 Å². The fourth-order valence-electron chi connectivity index (χ4n) is 1.89. The summed E-state index contributed by atoms with van der Waals surface area (Å²) in [5.41, 5.74) is 3.12. The third-order valence-corrected chi connectivity index (χ3v) is 3.37. The van der Waals surface area contributed by atoms with Crippen molar-refractivity contribution in [3.63, 3.8) is 0 Å². The van der Waals surface area contributed by atoms with Crippen LogP contribution in [0.25, 0.3) is 0 Å². The van der Waals surface area contributed by atoms with Gasteiger partial charge < -0.3 is 15.1 Å².